The van der Waals surface area contributed by atoms with Gasteiger partial charge in [0.25, 0.3) is 5.91 Å². The van der Waals surface area contributed by atoms with E-state index in [9.17, 15) is 13.6 Å². The van der Waals surface area contributed by atoms with Crippen molar-refractivity contribution in [3.05, 3.63) is 70.2 Å². The Bertz CT molecular complexity index is 988. The van der Waals surface area contributed by atoms with E-state index in [1.165, 1.54) is 6.07 Å². The molecule has 0 aliphatic carbocycles. The van der Waals surface area contributed by atoms with Crippen LogP contribution in [0.5, 0.6) is 0 Å². The van der Waals surface area contributed by atoms with E-state index in [2.05, 4.69) is 10.3 Å². The molecule has 0 atom stereocenters. The van der Waals surface area contributed by atoms with Gasteiger partial charge < -0.3 is 5.32 Å². The third kappa shape index (κ3) is 3.25. The average molecular weight is 355 g/mol. The lowest BCUT2D eigenvalue weighted by Gasteiger charge is -2.05. The molecule has 0 radical (unpaired) electrons. The SMILES string of the molecule is Cc1nc(-c2c(F)cccc2F)sc1C(=O)Nc1ccccc1C#N. The molecule has 0 bridgehead atoms. The second-order valence-electron chi connectivity index (χ2n) is 5.14. The van der Waals surface area contributed by atoms with Crippen LogP contribution < -0.4 is 5.32 Å². The predicted molar refractivity (Wildman–Crippen MR) is 91.3 cm³/mol. The van der Waals surface area contributed by atoms with Gasteiger partial charge in [0.05, 0.1) is 22.5 Å². The number of nitrogens with zero attached hydrogens (tertiary/aromatic N) is 2. The first-order chi connectivity index (χ1) is 12.0. The van der Waals surface area contributed by atoms with Crippen molar-refractivity contribution in [2.24, 2.45) is 0 Å². The number of aromatic nitrogens is 1. The number of aryl methyl sites for hydroxylation is 1. The van der Waals surface area contributed by atoms with E-state index >= 15 is 0 Å². The summed E-state index contributed by atoms with van der Waals surface area (Å²) in [5, 5.41) is 11.8. The summed E-state index contributed by atoms with van der Waals surface area (Å²) >= 11 is 0.896. The summed E-state index contributed by atoms with van der Waals surface area (Å²) in [6.45, 7) is 1.59. The van der Waals surface area contributed by atoms with Gasteiger partial charge in [-0.15, -0.1) is 11.3 Å². The number of thiazole rings is 1. The lowest BCUT2D eigenvalue weighted by atomic mass is 10.2. The summed E-state index contributed by atoms with van der Waals surface area (Å²) in [5.74, 6) is -1.97. The van der Waals surface area contributed by atoms with Gasteiger partial charge in [-0.3, -0.25) is 4.79 Å². The number of para-hydroxylation sites is 1. The number of hydrogen-bond donors (Lipinski definition) is 1. The van der Waals surface area contributed by atoms with Crippen LogP contribution in [0.1, 0.15) is 20.9 Å². The van der Waals surface area contributed by atoms with Crippen molar-refractivity contribution in [3.8, 4) is 16.6 Å². The molecule has 3 aromatic rings. The molecule has 4 nitrogen and oxygen atoms in total. The quantitative estimate of drug-likeness (QED) is 0.751. The van der Waals surface area contributed by atoms with Crippen LogP contribution in [0.15, 0.2) is 42.5 Å². The summed E-state index contributed by atoms with van der Waals surface area (Å²) < 4.78 is 27.8. The zero-order valence-corrected chi connectivity index (χ0v) is 13.8. The zero-order chi connectivity index (χ0) is 18.0. The van der Waals surface area contributed by atoms with Gasteiger partial charge in [-0.05, 0) is 31.2 Å². The fraction of sp³-hybridized carbons (Fsp3) is 0.0556. The normalized spacial score (nSPS) is 10.3. The van der Waals surface area contributed by atoms with Gasteiger partial charge in [0.2, 0.25) is 0 Å². The maximum absolute atomic E-state index is 13.9. The van der Waals surface area contributed by atoms with Crippen molar-refractivity contribution in [2.45, 2.75) is 6.92 Å². The number of nitriles is 1. The van der Waals surface area contributed by atoms with Crippen LogP contribution in [0.3, 0.4) is 0 Å². The molecule has 1 aromatic heterocycles. The van der Waals surface area contributed by atoms with Crippen molar-refractivity contribution in [1.82, 2.24) is 4.98 Å². The highest BCUT2D eigenvalue weighted by molar-refractivity contribution is 7.17. The first-order valence-electron chi connectivity index (χ1n) is 7.23. The van der Waals surface area contributed by atoms with Gasteiger partial charge in [0, 0.05) is 0 Å². The molecule has 124 valence electrons. The van der Waals surface area contributed by atoms with E-state index < -0.39 is 17.5 Å². The summed E-state index contributed by atoms with van der Waals surface area (Å²) in [6, 6.07) is 12.1. The number of rotatable bonds is 3. The van der Waals surface area contributed by atoms with Gasteiger partial charge in [0.15, 0.2) is 0 Å². The molecular formula is C18H11F2N3OS. The van der Waals surface area contributed by atoms with Crippen LogP contribution in [-0.4, -0.2) is 10.9 Å². The van der Waals surface area contributed by atoms with Crippen molar-refractivity contribution >= 4 is 22.9 Å². The average Bonchev–Trinajstić information content (AvgIpc) is 2.96. The molecule has 7 heteroatoms. The lowest BCUT2D eigenvalue weighted by molar-refractivity contribution is 0.103. The molecule has 0 saturated heterocycles. The molecule has 0 unspecified atom stereocenters. The van der Waals surface area contributed by atoms with Gasteiger partial charge in [0.1, 0.15) is 27.6 Å². The summed E-state index contributed by atoms with van der Waals surface area (Å²) in [7, 11) is 0. The molecule has 0 spiro atoms. The number of halogens is 2. The number of nitrogens with one attached hydrogen (secondary N) is 1. The van der Waals surface area contributed by atoms with E-state index in [0.717, 1.165) is 23.5 Å². The molecule has 0 fully saturated rings. The minimum absolute atomic E-state index is 0.0896. The molecule has 1 heterocycles. The van der Waals surface area contributed by atoms with Crippen LogP contribution in [-0.2, 0) is 0 Å². The van der Waals surface area contributed by atoms with E-state index in [1.807, 2.05) is 6.07 Å². The Hall–Kier alpha value is -3.11. The zero-order valence-electron chi connectivity index (χ0n) is 13.0. The molecule has 25 heavy (non-hydrogen) atoms. The minimum Gasteiger partial charge on any atom is -0.320 e. The third-order valence-corrected chi connectivity index (χ3v) is 4.65. The van der Waals surface area contributed by atoms with Crippen LogP contribution in [0.4, 0.5) is 14.5 Å². The van der Waals surface area contributed by atoms with Crippen molar-refractivity contribution in [1.29, 1.82) is 5.26 Å². The fourth-order valence-electron chi connectivity index (χ4n) is 2.28. The summed E-state index contributed by atoms with van der Waals surface area (Å²) in [5.41, 5.74) is 0.779. The van der Waals surface area contributed by atoms with E-state index in [1.54, 1.807) is 31.2 Å². The first kappa shape index (κ1) is 16.7. The van der Waals surface area contributed by atoms with Gasteiger partial charge in [-0.25, -0.2) is 13.8 Å². The number of hydrogen-bond acceptors (Lipinski definition) is 4. The van der Waals surface area contributed by atoms with E-state index in [4.69, 9.17) is 5.26 Å². The second kappa shape index (κ2) is 6.79. The highest BCUT2D eigenvalue weighted by Gasteiger charge is 2.21. The van der Waals surface area contributed by atoms with Gasteiger partial charge >= 0.3 is 0 Å². The smallest absolute Gasteiger partial charge is 0.267 e. The van der Waals surface area contributed by atoms with Gasteiger partial charge in [-0.1, -0.05) is 18.2 Å². The summed E-state index contributed by atoms with van der Waals surface area (Å²) in [4.78, 5) is 16.8. The molecule has 2 aromatic carbocycles. The van der Waals surface area contributed by atoms with E-state index in [-0.39, 0.29) is 15.4 Å². The number of anilines is 1. The number of amides is 1. The molecular weight excluding hydrogens is 344 g/mol. The molecule has 0 aliphatic rings. The predicted octanol–water partition coefficient (Wildman–Crippen LogP) is 4.52. The lowest BCUT2D eigenvalue weighted by Crippen LogP contribution is -2.12. The Morgan fingerprint density at radius 2 is 1.84 bits per heavy atom. The monoisotopic (exact) mass is 355 g/mol. The molecule has 0 aliphatic heterocycles. The van der Waals surface area contributed by atoms with E-state index in [0.29, 0.717) is 16.9 Å². The Morgan fingerprint density at radius 1 is 1.16 bits per heavy atom. The Kier molecular flexibility index (Phi) is 4.55. The van der Waals surface area contributed by atoms with Crippen LogP contribution in [0, 0.1) is 29.9 Å². The highest BCUT2D eigenvalue weighted by Crippen LogP contribution is 2.32. The Balaban J connectivity index is 1.96. The molecule has 0 saturated carbocycles. The maximum atomic E-state index is 13.9. The highest BCUT2D eigenvalue weighted by atomic mass is 32.1. The van der Waals surface area contributed by atoms with Crippen molar-refractivity contribution in [2.75, 3.05) is 5.32 Å². The molecule has 1 amide bonds. The number of carbonyl (C=O) groups excluding carboxylic acids is 1. The minimum atomic E-state index is -0.740. The summed E-state index contributed by atoms with van der Waals surface area (Å²) in [6.07, 6.45) is 0. The second-order valence-corrected chi connectivity index (χ2v) is 6.14. The standard InChI is InChI=1S/C18H11F2N3OS/c1-10-16(17(24)23-14-8-3-2-5-11(14)9-21)25-18(22-10)15-12(19)6-4-7-13(15)20/h2-8H,1H3,(H,23,24). The molecule has 1 N–H and O–H groups in total. The third-order valence-electron chi connectivity index (χ3n) is 3.48. The number of benzene rings is 2. The Morgan fingerprint density at radius 3 is 2.52 bits per heavy atom. The topological polar surface area (TPSA) is 65.8 Å². The largest absolute Gasteiger partial charge is 0.320 e. The maximum Gasteiger partial charge on any atom is 0.267 e. The van der Waals surface area contributed by atoms with Crippen molar-refractivity contribution < 1.29 is 13.6 Å². The first-order valence-corrected chi connectivity index (χ1v) is 8.05. The number of carbonyl (C=O) groups is 1. The van der Waals surface area contributed by atoms with Crippen LogP contribution in [0.2, 0.25) is 0 Å². The van der Waals surface area contributed by atoms with Crippen LogP contribution >= 0.6 is 11.3 Å². The molecule has 3 rings (SSSR count). The van der Waals surface area contributed by atoms with Crippen LogP contribution in [0.25, 0.3) is 10.6 Å². The van der Waals surface area contributed by atoms with Crippen molar-refractivity contribution in [3.63, 3.8) is 0 Å². The fourth-order valence-corrected chi connectivity index (χ4v) is 3.29. The Labute approximate surface area is 146 Å². The van der Waals surface area contributed by atoms with Gasteiger partial charge in [-0.2, -0.15) is 5.26 Å².